The molecule has 0 aliphatic rings. The summed E-state index contributed by atoms with van der Waals surface area (Å²) in [5.74, 6) is 1.37. The number of nitrogens with zero attached hydrogens (tertiary/aromatic N) is 3. The third kappa shape index (κ3) is 1.39. The highest BCUT2D eigenvalue weighted by molar-refractivity contribution is 5.63. The normalized spacial score (nSPS) is 11.0. The standard InChI is InChI=1S/C7H6N4O/c1-2-6(12-5-1)3-4-7-8-10-11-9-7/h1-5H,(H,8,9,10,11). The van der Waals surface area contributed by atoms with Gasteiger partial charge in [-0.3, -0.25) is 0 Å². The molecule has 0 spiro atoms. The molecule has 60 valence electrons. The summed E-state index contributed by atoms with van der Waals surface area (Å²) in [5, 5.41) is 13.1. The summed E-state index contributed by atoms with van der Waals surface area (Å²) >= 11 is 0. The zero-order chi connectivity index (χ0) is 8.23. The van der Waals surface area contributed by atoms with Crippen LogP contribution in [0.3, 0.4) is 0 Å². The molecule has 0 bridgehead atoms. The smallest absolute Gasteiger partial charge is 0.172 e. The summed E-state index contributed by atoms with van der Waals surface area (Å²) in [7, 11) is 0. The molecule has 0 saturated carbocycles. The molecule has 0 aliphatic carbocycles. The molecule has 2 aromatic rings. The quantitative estimate of drug-likeness (QED) is 0.714. The summed E-state index contributed by atoms with van der Waals surface area (Å²) in [6, 6.07) is 3.67. The Morgan fingerprint density at radius 1 is 1.42 bits per heavy atom. The first-order valence-electron chi connectivity index (χ1n) is 3.40. The van der Waals surface area contributed by atoms with Gasteiger partial charge in [-0.05, 0) is 34.7 Å². The summed E-state index contributed by atoms with van der Waals surface area (Å²) in [6.45, 7) is 0. The van der Waals surface area contributed by atoms with Crippen molar-refractivity contribution in [3.05, 3.63) is 30.0 Å². The number of hydrogen-bond acceptors (Lipinski definition) is 4. The van der Waals surface area contributed by atoms with Crippen LogP contribution in [0.1, 0.15) is 11.6 Å². The molecule has 0 aromatic carbocycles. The number of aromatic amines is 1. The van der Waals surface area contributed by atoms with Gasteiger partial charge in [-0.1, -0.05) is 0 Å². The van der Waals surface area contributed by atoms with E-state index in [1.165, 1.54) is 0 Å². The van der Waals surface area contributed by atoms with E-state index >= 15 is 0 Å². The van der Waals surface area contributed by atoms with Gasteiger partial charge in [-0.25, -0.2) is 5.10 Å². The highest BCUT2D eigenvalue weighted by Gasteiger charge is 1.90. The highest BCUT2D eigenvalue weighted by Crippen LogP contribution is 2.03. The molecule has 2 aromatic heterocycles. The van der Waals surface area contributed by atoms with Crippen molar-refractivity contribution < 1.29 is 4.42 Å². The molecule has 1 N–H and O–H groups in total. The zero-order valence-corrected chi connectivity index (χ0v) is 6.14. The van der Waals surface area contributed by atoms with Crippen LogP contribution in [-0.2, 0) is 0 Å². The van der Waals surface area contributed by atoms with Gasteiger partial charge in [0, 0.05) is 0 Å². The number of tetrazole rings is 1. The lowest BCUT2D eigenvalue weighted by Gasteiger charge is -1.80. The van der Waals surface area contributed by atoms with E-state index in [9.17, 15) is 0 Å². The van der Waals surface area contributed by atoms with Crippen molar-refractivity contribution in [3.63, 3.8) is 0 Å². The predicted octanol–water partition coefficient (Wildman–Crippen LogP) is 0.963. The van der Waals surface area contributed by atoms with Gasteiger partial charge in [-0.2, -0.15) is 0 Å². The minimum atomic E-state index is 0.603. The molecule has 2 rings (SSSR count). The molecule has 0 unspecified atom stereocenters. The number of nitrogens with one attached hydrogen (secondary N) is 1. The van der Waals surface area contributed by atoms with Crippen molar-refractivity contribution in [2.24, 2.45) is 0 Å². The number of rotatable bonds is 2. The Morgan fingerprint density at radius 2 is 2.42 bits per heavy atom. The van der Waals surface area contributed by atoms with E-state index in [1.807, 2.05) is 12.1 Å². The van der Waals surface area contributed by atoms with Crippen LogP contribution >= 0.6 is 0 Å². The Kier molecular flexibility index (Phi) is 1.69. The van der Waals surface area contributed by atoms with Crippen molar-refractivity contribution in [1.82, 2.24) is 20.6 Å². The fourth-order valence-corrected chi connectivity index (χ4v) is 0.784. The summed E-state index contributed by atoms with van der Waals surface area (Å²) in [4.78, 5) is 0. The van der Waals surface area contributed by atoms with Crippen LogP contribution in [0.15, 0.2) is 22.8 Å². The van der Waals surface area contributed by atoms with E-state index in [0.29, 0.717) is 5.82 Å². The monoisotopic (exact) mass is 162 g/mol. The van der Waals surface area contributed by atoms with Gasteiger partial charge in [-0.15, -0.1) is 5.10 Å². The van der Waals surface area contributed by atoms with Gasteiger partial charge >= 0.3 is 0 Å². The third-order valence-electron chi connectivity index (χ3n) is 1.31. The van der Waals surface area contributed by atoms with Crippen LogP contribution in [0.25, 0.3) is 12.2 Å². The molecule has 0 saturated heterocycles. The van der Waals surface area contributed by atoms with Gasteiger partial charge in [0.05, 0.1) is 6.26 Å². The average molecular weight is 162 g/mol. The van der Waals surface area contributed by atoms with Crippen molar-refractivity contribution in [3.8, 4) is 0 Å². The summed E-state index contributed by atoms with van der Waals surface area (Å²) in [6.07, 6.45) is 5.12. The van der Waals surface area contributed by atoms with Crippen molar-refractivity contribution in [1.29, 1.82) is 0 Å². The number of aromatic nitrogens is 4. The van der Waals surface area contributed by atoms with Crippen LogP contribution in [0, 0.1) is 0 Å². The minimum absolute atomic E-state index is 0.603. The molecular weight excluding hydrogens is 156 g/mol. The first-order chi connectivity index (χ1) is 5.95. The fourth-order valence-electron chi connectivity index (χ4n) is 0.784. The van der Waals surface area contributed by atoms with Crippen LogP contribution in [0.5, 0.6) is 0 Å². The van der Waals surface area contributed by atoms with E-state index < -0.39 is 0 Å². The van der Waals surface area contributed by atoms with Gasteiger partial charge in [0.2, 0.25) is 0 Å². The second kappa shape index (κ2) is 3.00. The molecule has 0 amide bonds. The van der Waals surface area contributed by atoms with Crippen molar-refractivity contribution in [2.45, 2.75) is 0 Å². The molecule has 5 nitrogen and oxygen atoms in total. The van der Waals surface area contributed by atoms with Crippen molar-refractivity contribution in [2.75, 3.05) is 0 Å². The van der Waals surface area contributed by atoms with Crippen LogP contribution in [0.4, 0.5) is 0 Å². The molecular formula is C7H6N4O. The van der Waals surface area contributed by atoms with Crippen molar-refractivity contribution >= 4 is 12.2 Å². The Hall–Kier alpha value is -1.91. The predicted molar refractivity (Wildman–Crippen MR) is 41.8 cm³/mol. The third-order valence-corrected chi connectivity index (χ3v) is 1.31. The fraction of sp³-hybridized carbons (Fsp3) is 0. The second-order valence-corrected chi connectivity index (χ2v) is 2.14. The zero-order valence-electron chi connectivity index (χ0n) is 6.14. The summed E-state index contributed by atoms with van der Waals surface area (Å²) < 4.78 is 5.06. The second-order valence-electron chi connectivity index (χ2n) is 2.14. The van der Waals surface area contributed by atoms with Crippen LogP contribution in [0.2, 0.25) is 0 Å². The molecule has 0 aliphatic heterocycles. The maximum Gasteiger partial charge on any atom is 0.172 e. The Morgan fingerprint density at radius 3 is 3.08 bits per heavy atom. The topological polar surface area (TPSA) is 67.6 Å². The van der Waals surface area contributed by atoms with E-state index in [4.69, 9.17) is 4.42 Å². The van der Waals surface area contributed by atoms with Crippen LogP contribution in [-0.4, -0.2) is 20.6 Å². The minimum Gasteiger partial charge on any atom is -0.465 e. The van der Waals surface area contributed by atoms with E-state index in [-0.39, 0.29) is 0 Å². The Labute approximate surface area is 68.1 Å². The van der Waals surface area contributed by atoms with Gasteiger partial charge in [0.25, 0.3) is 0 Å². The van der Waals surface area contributed by atoms with E-state index in [2.05, 4.69) is 20.6 Å². The molecule has 0 radical (unpaired) electrons. The molecule has 0 fully saturated rings. The van der Waals surface area contributed by atoms with Crippen LogP contribution < -0.4 is 0 Å². The number of hydrogen-bond donors (Lipinski definition) is 1. The molecule has 5 heteroatoms. The SMILES string of the molecule is C(=Cc1ccco1)c1nnn[nH]1. The average Bonchev–Trinajstić information content (AvgIpc) is 2.74. The lowest BCUT2D eigenvalue weighted by atomic mass is 10.4. The molecule has 0 atom stereocenters. The van der Waals surface area contributed by atoms with Gasteiger partial charge < -0.3 is 4.42 Å². The van der Waals surface area contributed by atoms with E-state index in [0.717, 1.165) is 5.76 Å². The van der Waals surface area contributed by atoms with Gasteiger partial charge in [0.15, 0.2) is 5.82 Å². The van der Waals surface area contributed by atoms with E-state index in [1.54, 1.807) is 18.4 Å². The summed E-state index contributed by atoms with van der Waals surface area (Å²) in [5.41, 5.74) is 0. The Bertz CT molecular complexity index is 312. The highest BCUT2D eigenvalue weighted by atomic mass is 16.3. The number of furan rings is 1. The molecule has 2 heterocycles. The molecule has 12 heavy (non-hydrogen) atoms. The number of H-pyrrole nitrogens is 1. The Balaban J connectivity index is 2.14. The largest absolute Gasteiger partial charge is 0.465 e. The maximum atomic E-state index is 5.06. The maximum absolute atomic E-state index is 5.06. The first kappa shape index (κ1) is 6.78. The first-order valence-corrected chi connectivity index (χ1v) is 3.40. The van der Waals surface area contributed by atoms with Gasteiger partial charge in [0.1, 0.15) is 5.76 Å². The lowest BCUT2D eigenvalue weighted by Crippen LogP contribution is -1.73. The lowest BCUT2D eigenvalue weighted by molar-refractivity contribution is 0.557.